The molecule has 0 amide bonds. The summed E-state index contributed by atoms with van der Waals surface area (Å²) in [5.74, 6) is 4.24. The number of nitrogens with zero attached hydrogens (tertiary/aromatic N) is 3. The number of guanidine groups is 1. The average Bonchev–Trinajstić information content (AvgIpc) is 2.87. The van der Waals surface area contributed by atoms with Gasteiger partial charge in [0.15, 0.2) is 0 Å². The van der Waals surface area contributed by atoms with E-state index < -0.39 is 15.2 Å². The highest BCUT2D eigenvalue weighted by atomic mass is 35.5. The second-order valence-corrected chi connectivity index (χ2v) is 10.3. The molecule has 2 aromatic heterocycles. The van der Waals surface area contributed by atoms with E-state index in [0.717, 1.165) is 16.0 Å². The van der Waals surface area contributed by atoms with Gasteiger partial charge in [-0.1, -0.05) is 23.2 Å². The van der Waals surface area contributed by atoms with Gasteiger partial charge >= 0.3 is 0 Å². The topological polar surface area (TPSA) is 71.6 Å². The SMILES string of the molecule is C=S1(=O)C[C@@](C)(c2cc(-c3cncc(Cl)c3)sc2Cl)N=C(N)N1C. The van der Waals surface area contributed by atoms with E-state index in [0.29, 0.717) is 9.36 Å². The molecule has 0 aliphatic carbocycles. The van der Waals surface area contributed by atoms with Crippen LogP contribution in [-0.2, 0) is 15.2 Å². The van der Waals surface area contributed by atoms with Gasteiger partial charge in [-0.2, -0.15) is 0 Å². The van der Waals surface area contributed by atoms with Crippen molar-refractivity contribution in [3.8, 4) is 10.4 Å². The highest BCUT2D eigenvalue weighted by Crippen LogP contribution is 2.43. The first-order chi connectivity index (χ1) is 11.1. The Morgan fingerprint density at radius 3 is 2.75 bits per heavy atom. The standard InChI is InChI=1S/C15H16Cl2N4OS2/c1-15(8-24(3,22)21(2)14(18)20-15)11-5-12(23-13(11)17)9-4-10(16)7-19-6-9/h4-7H,3,8H2,1-2H3,(H2,18,20)/t15-,24?/m0/s1. The first-order valence-electron chi connectivity index (χ1n) is 6.97. The van der Waals surface area contributed by atoms with Crippen LogP contribution in [0.25, 0.3) is 10.4 Å². The van der Waals surface area contributed by atoms with Gasteiger partial charge in [0, 0.05) is 35.4 Å². The van der Waals surface area contributed by atoms with Crippen LogP contribution in [-0.4, -0.2) is 38.1 Å². The molecule has 2 aromatic rings. The van der Waals surface area contributed by atoms with Gasteiger partial charge < -0.3 is 5.73 Å². The summed E-state index contributed by atoms with van der Waals surface area (Å²) in [4.78, 5) is 9.54. The zero-order chi connectivity index (χ0) is 17.7. The Morgan fingerprint density at radius 2 is 2.12 bits per heavy atom. The van der Waals surface area contributed by atoms with Gasteiger partial charge in [-0.3, -0.25) is 9.29 Å². The molecule has 0 aromatic carbocycles. The molecule has 1 aliphatic rings. The highest BCUT2D eigenvalue weighted by molar-refractivity contribution is 7.98. The summed E-state index contributed by atoms with van der Waals surface area (Å²) in [5, 5.41) is 0.548. The zero-order valence-electron chi connectivity index (χ0n) is 13.1. The van der Waals surface area contributed by atoms with E-state index in [9.17, 15) is 4.21 Å². The molecule has 0 saturated carbocycles. The minimum atomic E-state index is -2.56. The van der Waals surface area contributed by atoms with Crippen molar-refractivity contribution in [1.82, 2.24) is 9.29 Å². The van der Waals surface area contributed by atoms with Gasteiger partial charge in [-0.25, -0.2) is 9.20 Å². The third kappa shape index (κ3) is 3.01. The van der Waals surface area contributed by atoms with E-state index in [1.165, 1.54) is 15.6 Å². The predicted molar refractivity (Wildman–Crippen MR) is 104 cm³/mol. The summed E-state index contributed by atoms with van der Waals surface area (Å²) < 4.78 is 14.8. The third-order valence-electron chi connectivity index (χ3n) is 3.95. The highest BCUT2D eigenvalue weighted by Gasteiger charge is 2.39. The molecule has 9 heteroatoms. The fourth-order valence-corrected chi connectivity index (χ4v) is 5.97. The van der Waals surface area contributed by atoms with Crippen molar-refractivity contribution in [3.63, 3.8) is 0 Å². The van der Waals surface area contributed by atoms with E-state index in [1.807, 2.05) is 19.1 Å². The molecule has 2 atom stereocenters. The van der Waals surface area contributed by atoms with E-state index in [1.54, 1.807) is 19.4 Å². The Bertz CT molecular complexity index is 939. The largest absolute Gasteiger partial charge is 0.369 e. The van der Waals surface area contributed by atoms with Gasteiger partial charge in [0.1, 0.15) is 5.54 Å². The number of thiophene rings is 1. The van der Waals surface area contributed by atoms with Crippen molar-refractivity contribution in [2.45, 2.75) is 12.5 Å². The van der Waals surface area contributed by atoms with Crippen molar-refractivity contribution in [2.75, 3.05) is 12.8 Å². The van der Waals surface area contributed by atoms with Crippen molar-refractivity contribution in [3.05, 3.63) is 39.4 Å². The number of halogens is 2. The minimum Gasteiger partial charge on any atom is -0.369 e. The van der Waals surface area contributed by atoms with Crippen LogP contribution < -0.4 is 5.73 Å². The van der Waals surface area contributed by atoms with Crippen molar-refractivity contribution in [1.29, 1.82) is 0 Å². The van der Waals surface area contributed by atoms with Gasteiger partial charge in [0.25, 0.3) is 0 Å². The van der Waals surface area contributed by atoms with Crippen LogP contribution in [0.4, 0.5) is 0 Å². The van der Waals surface area contributed by atoms with Crippen molar-refractivity contribution >= 4 is 56.1 Å². The predicted octanol–water partition coefficient (Wildman–Crippen LogP) is 3.22. The van der Waals surface area contributed by atoms with Crippen LogP contribution >= 0.6 is 34.5 Å². The maximum absolute atomic E-state index is 12.8. The lowest BCUT2D eigenvalue weighted by Crippen LogP contribution is -2.50. The molecule has 24 heavy (non-hydrogen) atoms. The zero-order valence-corrected chi connectivity index (χ0v) is 16.3. The summed E-state index contributed by atoms with van der Waals surface area (Å²) in [6.45, 7) is 1.87. The monoisotopic (exact) mass is 402 g/mol. The molecule has 0 bridgehead atoms. The summed E-state index contributed by atoms with van der Waals surface area (Å²) >= 11 is 13.9. The first kappa shape index (κ1) is 17.5. The van der Waals surface area contributed by atoms with Gasteiger partial charge in [0.05, 0.1) is 24.8 Å². The smallest absolute Gasteiger partial charge is 0.203 e. The van der Waals surface area contributed by atoms with Crippen molar-refractivity contribution < 1.29 is 4.21 Å². The van der Waals surface area contributed by atoms with Crippen LogP contribution in [0, 0.1) is 0 Å². The molecule has 1 unspecified atom stereocenters. The Morgan fingerprint density at radius 1 is 1.42 bits per heavy atom. The molecule has 1 aliphatic heterocycles. The Balaban J connectivity index is 2.11. The fraction of sp³-hybridized carbons (Fsp3) is 0.267. The maximum Gasteiger partial charge on any atom is 0.203 e. The minimum absolute atomic E-state index is 0.192. The normalized spacial score (nSPS) is 27.2. The number of aliphatic imine (C=N–C) groups is 1. The molecule has 0 saturated heterocycles. The molecule has 128 valence electrons. The second kappa shape index (κ2) is 5.91. The van der Waals surface area contributed by atoms with E-state index >= 15 is 0 Å². The molecular formula is C15H16Cl2N4OS2. The second-order valence-electron chi connectivity index (χ2n) is 5.85. The molecular weight excluding hydrogens is 387 g/mol. The molecule has 0 spiro atoms. The Hall–Kier alpha value is -1.28. The molecule has 5 nitrogen and oxygen atoms in total. The van der Waals surface area contributed by atoms with Crippen molar-refractivity contribution in [2.24, 2.45) is 10.7 Å². The number of rotatable bonds is 2. The Labute approximate surface area is 155 Å². The van der Waals surface area contributed by atoms with E-state index in [4.69, 9.17) is 28.9 Å². The first-order valence-corrected chi connectivity index (χ1v) is 10.4. The number of hydrogen-bond acceptors (Lipinski definition) is 5. The number of aromatic nitrogens is 1. The van der Waals surface area contributed by atoms with Crippen LogP contribution in [0.1, 0.15) is 12.5 Å². The maximum atomic E-state index is 12.8. The van der Waals surface area contributed by atoms with Crippen LogP contribution in [0.2, 0.25) is 9.36 Å². The van der Waals surface area contributed by atoms with Gasteiger partial charge in [-0.05, 0) is 24.9 Å². The third-order valence-corrected chi connectivity index (χ3v) is 7.76. The number of hydrogen-bond donors (Lipinski definition) is 1. The molecule has 3 rings (SSSR count). The summed E-state index contributed by atoms with van der Waals surface area (Å²) in [7, 11) is -0.924. The van der Waals surface area contributed by atoms with E-state index in [-0.39, 0.29) is 11.7 Å². The Kier molecular flexibility index (Phi) is 4.32. The van der Waals surface area contributed by atoms with Gasteiger partial charge in [0.2, 0.25) is 5.96 Å². The molecule has 2 N–H and O–H groups in total. The quantitative estimate of drug-likeness (QED) is 0.783. The van der Waals surface area contributed by atoms with Crippen LogP contribution in [0.5, 0.6) is 0 Å². The molecule has 0 fully saturated rings. The number of nitrogens with two attached hydrogens (primary N) is 1. The summed E-state index contributed by atoms with van der Waals surface area (Å²) in [6.07, 6.45) is 3.29. The van der Waals surface area contributed by atoms with Crippen LogP contribution in [0.3, 0.4) is 0 Å². The summed E-state index contributed by atoms with van der Waals surface area (Å²) in [6, 6.07) is 3.75. The lowest BCUT2D eigenvalue weighted by atomic mass is 9.97. The number of pyridine rings is 1. The summed E-state index contributed by atoms with van der Waals surface area (Å²) in [5.41, 5.74) is 6.79. The molecule has 3 heterocycles. The fourth-order valence-electron chi connectivity index (χ4n) is 2.62. The lowest BCUT2D eigenvalue weighted by molar-refractivity contribution is 0.515. The average molecular weight is 403 g/mol. The van der Waals surface area contributed by atoms with Gasteiger partial charge in [-0.15, -0.1) is 11.3 Å². The lowest BCUT2D eigenvalue weighted by Gasteiger charge is -2.37. The van der Waals surface area contributed by atoms with Crippen LogP contribution in [0.15, 0.2) is 29.5 Å². The molecule has 0 radical (unpaired) electrons. The van der Waals surface area contributed by atoms with E-state index in [2.05, 4.69) is 15.8 Å².